The number of ether oxygens (including phenoxy) is 1. The van der Waals surface area contributed by atoms with E-state index in [0.717, 1.165) is 57.7 Å². The molecule has 2 aliphatic heterocycles. The lowest BCUT2D eigenvalue weighted by molar-refractivity contribution is 0.0729. The summed E-state index contributed by atoms with van der Waals surface area (Å²) in [5, 5.41) is 7.09. The van der Waals surface area contributed by atoms with Crippen LogP contribution in [0.1, 0.15) is 25.3 Å². The monoisotopic (exact) mass is 487 g/mol. The second-order valence-electron chi connectivity index (χ2n) is 8.74. The number of hydrogen-bond donors (Lipinski definition) is 2. The van der Waals surface area contributed by atoms with Gasteiger partial charge in [0.25, 0.3) is 0 Å². The summed E-state index contributed by atoms with van der Waals surface area (Å²) >= 11 is 6.32. The Kier molecular flexibility index (Phi) is 8.29. The van der Waals surface area contributed by atoms with Crippen molar-refractivity contribution >= 4 is 40.8 Å². The molecule has 10 heteroatoms. The number of nitrogens with zero attached hydrogens (tertiary/aromatic N) is 5. The summed E-state index contributed by atoms with van der Waals surface area (Å²) in [7, 11) is 2.17. The molecule has 3 heterocycles. The van der Waals surface area contributed by atoms with Crippen molar-refractivity contribution in [2.24, 2.45) is 0 Å². The number of aryl methyl sites for hydroxylation is 1. The van der Waals surface area contributed by atoms with E-state index in [9.17, 15) is 4.79 Å². The van der Waals surface area contributed by atoms with Crippen LogP contribution in [0.25, 0.3) is 0 Å². The zero-order valence-corrected chi connectivity index (χ0v) is 20.8. The van der Waals surface area contributed by atoms with Crippen LogP contribution in [0.2, 0.25) is 5.02 Å². The number of cyclic esters (lactones) is 1. The molecule has 4 rings (SSSR count). The maximum Gasteiger partial charge on any atom is 0.409 e. The minimum Gasteiger partial charge on any atom is -0.449 e. The first-order valence-electron chi connectivity index (χ1n) is 12.0. The summed E-state index contributed by atoms with van der Waals surface area (Å²) in [5.41, 5.74) is 3.47. The van der Waals surface area contributed by atoms with Crippen molar-refractivity contribution in [1.29, 1.82) is 0 Å². The van der Waals surface area contributed by atoms with Gasteiger partial charge in [-0.3, -0.25) is 0 Å². The van der Waals surface area contributed by atoms with E-state index < -0.39 is 0 Å². The number of hydrogen-bond acceptors (Lipinski definition) is 8. The molecule has 0 radical (unpaired) electrons. The van der Waals surface area contributed by atoms with Gasteiger partial charge in [0, 0.05) is 57.2 Å². The van der Waals surface area contributed by atoms with Crippen molar-refractivity contribution in [2.75, 3.05) is 75.0 Å². The molecule has 0 atom stereocenters. The fourth-order valence-electron chi connectivity index (χ4n) is 4.20. The van der Waals surface area contributed by atoms with Crippen LogP contribution in [0.15, 0.2) is 24.4 Å². The highest BCUT2D eigenvalue weighted by Gasteiger charge is 2.19. The normalized spacial score (nSPS) is 17.0. The van der Waals surface area contributed by atoms with Gasteiger partial charge in [0.2, 0.25) is 5.95 Å². The Labute approximate surface area is 206 Å². The van der Waals surface area contributed by atoms with Crippen molar-refractivity contribution in [3.63, 3.8) is 0 Å². The highest BCUT2D eigenvalue weighted by Crippen LogP contribution is 2.28. The molecule has 2 aliphatic rings. The number of likely N-dealkylation sites (N-methyl/N-ethyl adjacent to an activating group) is 1. The lowest BCUT2D eigenvalue weighted by Crippen LogP contribution is -2.44. The van der Waals surface area contributed by atoms with Crippen LogP contribution in [0.3, 0.4) is 0 Å². The minimum absolute atomic E-state index is 0.233. The van der Waals surface area contributed by atoms with Gasteiger partial charge in [0.15, 0.2) is 0 Å². The highest BCUT2D eigenvalue weighted by molar-refractivity contribution is 6.32. The van der Waals surface area contributed by atoms with Crippen LogP contribution in [0.5, 0.6) is 0 Å². The van der Waals surface area contributed by atoms with Gasteiger partial charge < -0.3 is 30.1 Å². The Bertz CT molecular complexity index is 982. The van der Waals surface area contributed by atoms with Gasteiger partial charge in [-0.1, -0.05) is 18.5 Å². The quantitative estimate of drug-likeness (QED) is 0.516. The zero-order valence-electron chi connectivity index (χ0n) is 20.0. The van der Waals surface area contributed by atoms with Gasteiger partial charge in [-0.15, -0.1) is 0 Å². The molecule has 9 nitrogen and oxygen atoms in total. The van der Waals surface area contributed by atoms with E-state index in [1.54, 1.807) is 11.1 Å². The smallest absolute Gasteiger partial charge is 0.409 e. The van der Waals surface area contributed by atoms with Crippen LogP contribution in [-0.2, 0) is 11.2 Å². The molecule has 0 bridgehead atoms. The summed E-state index contributed by atoms with van der Waals surface area (Å²) in [6.07, 6.45) is 3.92. The summed E-state index contributed by atoms with van der Waals surface area (Å²) < 4.78 is 5.07. The lowest BCUT2D eigenvalue weighted by Gasteiger charge is -2.34. The minimum atomic E-state index is -0.233. The molecule has 0 aliphatic carbocycles. The maximum absolute atomic E-state index is 11.7. The number of aromatic nitrogens is 2. The predicted octanol–water partition coefficient (Wildman–Crippen LogP) is 3.83. The Hall–Kier alpha value is -2.78. The maximum atomic E-state index is 11.7. The van der Waals surface area contributed by atoms with E-state index in [4.69, 9.17) is 16.3 Å². The van der Waals surface area contributed by atoms with Gasteiger partial charge in [0.05, 0.1) is 12.8 Å². The molecule has 2 N–H and O–H groups in total. The molecule has 1 amide bonds. The third kappa shape index (κ3) is 6.21. The second-order valence-corrected chi connectivity index (χ2v) is 9.14. The number of anilines is 4. The van der Waals surface area contributed by atoms with E-state index in [1.807, 2.05) is 0 Å². The van der Waals surface area contributed by atoms with Gasteiger partial charge >= 0.3 is 6.09 Å². The van der Waals surface area contributed by atoms with Crippen molar-refractivity contribution < 1.29 is 9.53 Å². The van der Waals surface area contributed by atoms with E-state index in [0.29, 0.717) is 36.5 Å². The summed E-state index contributed by atoms with van der Waals surface area (Å²) in [5.74, 6) is 1.07. The van der Waals surface area contributed by atoms with Gasteiger partial charge in [0.1, 0.15) is 10.8 Å². The summed E-state index contributed by atoms with van der Waals surface area (Å²) in [6, 6.07) is 6.52. The van der Waals surface area contributed by atoms with Crippen LogP contribution in [0.4, 0.5) is 27.9 Å². The van der Waals surface area contributed by atoms with Crippen molar-refractivity contribution in [1.82, 2.24) is 19.8 Å². The number of halogens is 1. The topological polar surface area (TPSA) is 85.9 Å². The number of amides is 1. The molecular formula is C24H34ClN7O2. The molecule has 184 valence electrons. The summed E-state index contributed by atoms with van der Waals surface area (Å²) in [4.78, 5) is 27.2. The molecule has 2 saturated heterocycles. The van der Waals surface area contributed by atoms with Crippen molar-refractivity contribution in [3.8, 4) is 0 Å². The lowest BCUT2D eigenvalue weighted by atomic mass is 10.1. The van der Waals surface area contributed by atoms with E-state index in [-0.39, 0.29) is 6.09 Å². The zero-order chi connectivity index (χ0) is 23.9. The second kappa shape index (κ2) is 11.6. The number of piperazine rings is 1. The van der Waals surface area contributed by atoms with E-state index in [1.165, 1.54) is 11.3 Å². The SMILES string of the molecule is CCc1cc(N2CCN(C)CC2)ccc1Nc1ncc(Cl)c(NCCCN2CCCOC2=O)n1. The van der Waals surface area contributed by atoms with Crippen LogP contribution in [-0.4, -0.2) is 85.3 Å². The molecule has 1 aromatic carbocycles. The van der Waals surface area contributed by atoms with Gasteiger partial charge in [-0.2, -0.15) is 4.98 Å². The van der Waals surface area contributed by atoms with Crippen LogP contribution < -0.4 is 15.5 Å². The van der Waals surface area contributed by atoms with Crippen molar-refractivity contribution in [2.45, 2.75) is 26.2 Å². The summed E-state index contributed by atoms with van der Waals surface area (Å²) in [6.45, 7) is 8.94. The fraction of sp³-hybridized carbons (Fsp3) is 0.542. The van der Waals surface area contributed by atoms with Crippen molar-refractivity contribution in [3.05, 3.63) is 35.0 Å². The van der Waals surface area contributed by atoms with E-state index in [2.05, 4.69) is 62.6 Å². The number of nitrogens with one attached hydrogen (secondary N) is 2. The number of carbonyl (C=O) groups is 1. The van der Waals surface area contributed by atoms with Crippen LogP contribution in [0, 0.1) is 0 Å². The average Bonchev–Trinajstić information content (AvgIpc) is 2.85. The molecule has 0 spiro atoms. The Balaban J connectivity index is 1.36. The van der Waals surface area contributed by atoms with Crippen LogP contribution >= 0.6 is 11.6 Å². The van der Waals surface area contributed by atoms with Gasteiger partial charge in [-0.05, 0) is 50.1 Å². The van der Waals surface area contributed by atoms with E-state index >= 15 is 0 Å². The average molecular weight is 488 g/mol. The first kappa shape index (κ1) is 24.3. The Morgan fingerprint density at radius 1 is 1.18 bits per heavy atom. The fourth-order valence-corrected chi connectivity index (χ4v) is 4.36. The Morgan fingerprint density at radius 3 is 2.76 bits per heavy atom. The number of benzene rings is 1. The molecular weight excluding hydrogens is 454 g/mol. The number of carbonyl (C=O) groups excluding carboxylic acids is 1. The molecule has 1 aromatic heterocycles. The molecule has 0 unspecified atom stereocenters. The molecule has 2 aromatic rings. The molecule has 34 heavy (non-hydrogen) atoms. The first-order valence-corrected chi connectivity index (χ1v) is 12.4. The molecule has 0 saturated carbocycles. The third-order valence-electron chi connectivity index (χ3n) is 6.28. The number of rotatable bonds is 9. The first-order chi connectivity index (χ1) is 16.5. The predicted molar refractivity (Wildman–Crippen MR) is 136 cm³/mol. The molecule has 2 fully saturated rings. The largest absolute Gasteiger partial charge is 0.449 e. The Morgan fingerprint density at radius 2 is 2.00 bits per heavy atom. The van der Waals surface area contributed by atoms with Gasteiger partial charge in [-0.25, -0.2) is 9.78 Å². The standard InChI is InChI=1S/C24H34ClN7O2/c1-3-18-16-19(31-13-11-30(2)12-14-31)6-7-21(18)28-23-27-17-20(25)22(29-23)26-8-4-9-32-10-5-15-34-24(32)33/h6-7,16-17H,3-5,8-15H2,1-2H3,(H2,26,27,28,29). The highest BCUT2D eigenvalue weighted by atomic mass is 35.5. The third-order valence-corrected chi connectivity index (χ3v) is 6.56.